The Bertz CT molecular complexity index is 588. The van der Waals surface area contributed by atoms with E-state index in [1.54, 1.807) is 18.0 Å². The number of hydrogen-bond donors (Lipinski definition) is 1. The van der Waals surface area contributed by atoms with Gasteiger partial charge in [0.1, 0.15) is 4.88 Å². The fourth-order valence-electron chi connectivity index (χ4n) is 1.78. The van der Waals surface area contributed by atoms with Crippen molar-refractivity contribution in [3.05, 3.63) is 41.8 Å². The first-order valence-corrected chi connectivity index (χ1v) is 6.60. The Morgan fingerprint density at radius 3 is 2.89 bits per heavy atom. The Labute approximate surface area is 111 Å². The fourth-order valence-corrected chi connectivity index (χ4v) is 2.90. The van der Waals surface area contributed by atoms with Gasteiger partial charge in [-0.2, -0.15) is 0 Å². The van der Waals surface area contributed by atoms with Crippen molar-refractivity contribution in [2.45, 2.75) is 6.42 Å². The van der Waals surface area contributed by atoms with Crippen molar-refractivity contribution < 1.29 is 4.79 Å². The topological polar surface area (TPSA) is 46.3 Å². The van der Waals surface area contributed by atoms with Crippen LogP contribution in [0.2, 0.25) is 0 Å². The van der Waals surface area contributed by atoms with Gasteiger partial charge in [0, 0.05) is 23.7 Å². The number of rotatable bonds is 4. The van der Waals surface area contributed by atoms with Crippen molar-refractivity contribution >= 4 is 33.0 Å². The highest BCUT2D eigenvalue weighted by atomic mass is 32.1. The second-order valence-electron chi connectivity index (χ2n) is 4.15. The van der Waals surface area contributed by atoms with Crippen molar-refractivity contribution in [1.29, 1.82) is 0 Å². The molecule has 1 amide bonds. The maximum atomic E-state index is 12.3. The molecule has 0 fully saturated rings. The predicted molar refractivity (Wildman–Crippen MR) is 78.0 cm³/mol. The van der Waals surface area contributed by atoms with Gasteiger partial charge in [0.15, 0.2) is 0 Å². The summed E-state index contributed by atoms with van der Waals surface area (Å²) in [6.07, 6.45) is 2.59. The average molecular weight is 260 g/mol. The van der Waals surface area contributed by atoms with E-state index in [0.29, 0.717) is 17.1 Å². The normalized spacial score (nSPS) is 10.5. The van der Waals surface area contributed by atoms with Gasteiger partial charge in [-0.15, -0.1) is 17.9 Å². The standard InChI is InChI=1S/C14H16N2OS/c1-3-4-9-16(2)14(17)13-12(15)10-7-5-6-8-11(10)18-13/h3,5-8H,1,4,9,15H2,2H3. The SMILES string of the molecule is C=CCCN(C)C(=O)c1sc2ccccc2c1N. The average Bonchev–Trinajstić information content (AvgIpc) is 2.73. The lowest BCUT2D eigenvalue weighted by Gasteiger charge is -2.15. The molecule has 1 heterocycles. The number of anilines is 1. The van der Waals surface area contributed by atoms with Crippen LogP contribution >= 0.6 is 11.3 Å². The highest BCUT2D eigenvalue weighted by Crippen LogP contribution is 2.33. The molecule has 2 N–H and O–H groups in total. The minimum Gasteiger partial charge on any atom is -0.397 e. The van der Waals surface area contributed by atoms with Crippen LogP contribution in [0.1, 0.15) is 16.1 Å². The van der Waals surface area contributed by atoms with Gasteiger partial charge in [0.2, 0.25) is 0 Å². The molecule has 0 saturated heterocycles. The van der Waals surface area contributed by atoms with Gasteiger partial charge in [0.05, 0.1) is 5.69 Å². The number of carbonyl (C=O) groups excluding carboxylic acids is 1. The highest BCUT2D eigenvalue weighted by Gasteiger charge is 2.18. The van der Waals surface area contributed by atoms with E-state index in [0.717, 1.165) is 16.5 Å². The second kappa shape index (κ2) is 5.23. The zero-order chi connectivity index (χ0) is 13.1. The van der Waals surface area contributed by atoms with Crippen LogP contribution in [0.4, 0.5) is 5.69 Å². The number of thiophene rings is 1. The molecule has 0 unspecified atom stereocenters. The van der Waals surface area contributed by atoms with Gasteiger partial charge >= 0.3 is 0 Å². The van der Waals surface area contributed by atoms with Crippen molar-refractivity contribution in [2.75, 3.05) is 19.3 Å². The molecule has 94 valence electrons. The zero-order valence-corrected chi connectivity index (χ0v) is 11.2. The summed E-state index contributed by atoms with van der Waals surface area (Å²) in [6, 6.07) is 7.81. The molecular formula is C14H16N2OS. The molecule has 0 aliphatic heterocycles. The van der Waals surface area contributed by atoms with Crippen LogP contribution in [-0.4, -0.2) is 24.4 Å². The summed E-state index contributed by atoms with van der Waals surface area (Å²) in [5.74, 6) is -0.0180. The van der Waals surface area contributed by atoms with Gasteiger partial charge in [-0.1, -0.05) is 24.3 Å². The fraction of sp³-hybridized carbons (Fsp3) is 0.214. The summed E-state index contributed by atoms with van der Waals surface area (Å²) < 4.78 is 1.05. The van der Waals surface area contributed by atoms with Gasteiger partial charge < -0.3 is 10.6 Å². The van der Waals surface area contributed by atoms with Crippen molar-refractivity contribution in [1.82, 2.24) is 4.90 Å². The monoisotopic (exact) mass is 260 g/mol. The maximum Gasteiger partial charge on any atom is 0.265 e. The molecule has 0 bridgehead atoms. The van der Waals surface area contributed by atoms with E-state index in [-0.39, 0.29) is 5.91 Å². The van der Waals surface area contributed by atoms with Gasteiger partial charge in [-0.05, 0) is 12.5 Å². The third-order valence-electron chi connectivity index (χ3n) is 2.84. The largest absolute Gasteiger partial charge is 0.397 e. The van der Waals surface area contributed by atoms with Crippen LogP contribution in [0, 0.1) is 0 Å². The first kappa shape index (κ1) is 12.6. The number of hydrogen-bond acceptors (Lipinski definition) is 3. The zero-order valence-electron chi connectivity index (χ0n) is 10.3. The van der Waals surface area contributed by atoms with Crippen LogP contribution in [-0.2, 0) is 0 Å². The summed E-state index contributed by atoms with van der Waals surface area (Å²) in [5.41, 5.74) is 6.64. The number of nitrogen functional groups attached to an aromatic ring is 1. The minimum absolute atomic E-state index is 0.0180. The molecule has 0 aliphatic rings. The summed E-state index contributed by atoms with van der Waals surface area (Å²) in [4.78, 5) is 14.6. The molecule has 2 aromatic rings. The van der Waals surface area contributed by atoms with E-state index in [1.165, 1.54) is 11.3 Å². The quantitative estimate of drug-likeness (QED) is 0.858. The third-order valence-corrected chi connectivity index (χ3v) is 4.02. The first-order chi connectivity index (χ1) is 8.65. The van der Waals surface area contributed by atoms with E-state index in [2.05, 4.69) is 6.58 Å². The minimum atomic E-state index is -0.0180. The molecule has 4 heteroatoms. The Kier molecular flexibility index (Phi) is 3.67. The van der Waals surface area contributed by atoms with Crippen LogP contribution in [0.3, 0.4) is 0 Å². The van der Waals surface area contributed by atoms with Gasteiger partial charge in [-0.3, -0.25) is 4.79 Å². The molecule has 1 aromatic carbocycles. The summed E-state index contributed by atoms with van der Waals surface area (Å²) in [6.45, 7) is 4.32. The number of nitrogens with two attached hydrogens (primary N) is 1. The molecule has 0 radical (unpaired) electrons. The molecule has 3 nitrogen and oxygen atoms in total. The summed E-state index contributed by atoms with van der Waals surface area (Å²) in [5, 5.41) is 0.961. The van der Waals surface area contributed by atoms with Crippen LogP contribution < -0.4 is 5.73 Å². The second-order valence-corrected chi connectivity index (χ2v) is 5.20. The third kappa shape index (κ3) is 2.24. The number of benzene rings is 1. The van der Waals surface area contributed by atoms with Crippen LogP contribution in [0.15, 0.2) is 36.9 Å². The van der Waals surface area contributed by atoms with E-state index in [4.69, 9.17) is 5.73 Å². The number of amides is 1. The van der Waals surface area contributed by atoms with E-state index in [9.17, 15) is 4.79 Å². The molecule has 0 spiro atoms. The molecule has 0 saturated carbocycles. The van der Waals surface area contributed by atoms with E-state index < -0.39 is 0 Å². The lowest BCUT2D eigenvalue weighted by Crippen LogP contribution is -2.27. The molecular weight excluding hydrogens is 244 g/mol. The van der Waals surface area contributed by atoms with Crippen molar-refractivity contribution in [2.24, 2.45) is 0 Å². The van der Waals surface area contributed by atoms with Gasteiger partial charge in [-0.25, -0.2) is 0 Å². The number of fused-ring (bicyclic) bond motifs is 1. The van der Waals surface area contributed by atoms with Crippen molar-refractivity contribution in [3.8, 4) is 0 Å². The van der Waals surface area contributed by atoms with E-state index in [1.807, 2.05) is 24.3 Å². The Morgan fingerprint density at radius 1 is 1.50 bits per heavy atom. The van der Waals surface area contributed by atoms with Crippen molar-refractivity contribution in [3.63, 3.8) is 0 Å². The molecule has 2 rings (SSSR count). The lowest BCUT2D eigenvalue weighted by atomic mass is 10.2. The predicted octanol–water partition coefficient (Wildman–Crippen LogP) is 3.13. The van der Waals surface area contributed by atoms with Crippen LogP contribution in [0.5, 0.6) is 0 Å². The molecule has 0 aliphatic carbocycles. The molecule has 18 heavy (non-hydrogen) atoms. The number of nitrogens with zero attached hydrogens (tertiary/aromatic N) is 1. The smallest absolute Gasteiger partial charge is 0.265 e. The molecule has 1 aromatic heterocycles. The summed E-state index contributed by atoms with van der Waals surface area (Å²) >= 11 is 1.45. The van der Waals surface area contributed by atoms with E-state index >= 15 is 0 Å². The number of carbonyl (C=O) groups is 1. The highest BCUT2D eigenvalue weighted by molar-refractivity contribution is 7.21. The Hall–Kier alpha value is -1.81. The Balaban J connectivity index is 2.33. The molecule has 0 atom stereocenters. The van der Waals surface area contributed by atoms with Crippen LogP contribution in [0.25, 0.3) is 10.1 Å². The Morgan fingerprint density at radius 2 is 2.22 bits per heavy atom. The van der Waals surface area contributed by atoms with Gasteiger partial charge in [0.25, 0.3) is 5.91 Å². The summed E-state index contributed by atoms with van der Waals surface area (Å²) in [7, 11) is 1.79. The lowest BCUT2D eigenvalue weighted by molar-refractivity contribution is 0.0803. The maximum absolute atomic E-state index is 12.3. The first-order valence-electron chi connectivity index (χ1n) is 5.78.